The van der Waals surface area contributed by atoms with E-state index in [1.54, 1.807) is 12.1 Å². The summed E-state index contributed by atoms with van der Waals surface area (Å²) in [4.78, 5) is 0. The lowest BCUT2D eigenvalue weighted by Gasteiger charge is -2.39. The summed E-state index contributed by atoms with van der Waals surface area (Å²) in [6.07, 6.45) is 11.1. The van der Waals surface area contributed by atoms with Crippen molar-refractivity contribution in [3.63, 3.8) is 0 Å². The number of halogens is 4. The van der Waals surface area contributed by atoms with Crippen molar-refractivity contribution >= 4 is 28.7 Å². The summed E-state index contributed by atoms with van der Waals surface area (Å²) >= 11 is 3.10. The molecule has 1 rings (SSSR count). The van der Waals surface area contributed by atoms with Crippen molar-refractivity contribution in [2.24, 2.45) is 0 Å². The first kappa shape index (κ1) is 29.7. The van der Waals surface area contributed by atoms with E-state index in [1.807, 2.05) is 0 Å². The standard InChI is InChI=1S/C16H36N.C6H4BBrF2.FH/c1-5-9-13-17(14-10-6-2,15-11-7-3)16-12-8-4;8-6-3-1-2-5(4-6)7(9)10;/h5-16H2,1-4H3;1-4H;1H/q+1;;/p-1. The van der Waals surface area contributed by atoms with Gasteiger partial charge < -0.3 is 9.19 Å². The Morgan fingerprint density at radius 1 is 0.786 bits per heavy atom. The SMILES string of the molecule is CCCC[N+](CCCC)(CCCC)CCCC.FB(F)c1cccc(Br)c1.[F-]. The molecular weight excluding hydrogens is 426 g/mol. The summed E-state index contributed by atoms with van der Waals surface area (Å²) in [7, 11) is -2.38. The van der Waals surface area contributed by atoms with Crippen LogP contribution in [0.3, 0.4) is 0 Å². The Hall–Kier alpha value is -0.485. The lowest BCUT2D eigenvalue weighted by molar-refractivity contribution is -0.929. The summed E-state index contributed by atoms with van der Waals surface area (Å²) < 4.78 is 26.0. The molecule has 6 heteroatoms. The molecule has 0 saturated carbocycles. The predicted octanol–water partition coefficient (Wildman–Crippen LogP) is 4.09. The molecule has 28 heavy (non-hydrogen) atoms. The van der Waals surface area contributed by atoms with Gasteiger partial charge in [0.05, 0.1) is 26.2 Å². The van der Waals surface area contributed by atoms with Crippen molar-refractivity contribution in [2.75, 3.05) is 26.2 Å². The quantitative estimate of drug-likeness (QED) is 0.304. The molecule has 164 valence electrons. The fourth-order valence-electron chi connectivity index (χ4n) is 3.29. The monoisotopic (exact) mass is 465 g/mol. The summed E-state index contributed by atoms with van der Waals surface area (Å²) in [6, 6.07) is 6.11. The van der Waals surface area contributed by atoms with Crippen molar-refractivity contribution in [1.82, 2.24) is 0 Å². The number of quaternary nitrogens is 1. The van der Waals surface area contributed by atoms with Gasteiger partial charge in [0.15, 0.2) is 0 Å². The largest absolute Gasteiger partial charge is 1.00 e. The zero-order valence-electron chi connectivity index (χ0n) is 18.3. The second-order valence-electron chi connectivity index (χ2n) is 7.51. The average Bonchev–Trinajstić information content (AvgIpc) is 2.67. The van der Waals surface area contributed by atoms with Gasteiger partial charge in [0.1, 0.15) is 0 Å². The highest BCUT2D eigenvalue weighted by atomic mass is 79.9. The van der Waals surface area contributed by atoms with E-state index in [4.69, 9.17) is 0 Å². The van der Waals surface area contributed by atoms with Crippen LogP contribution in [0, 0.1) is 0 Å². The minimum atomic E-state index is -2.38. The topological polar surface area (TPSA) is 0 Å². The number of rotatable bonds is 13. The van der Waals surface area contributed by atoms with Crippen LogP contribution < -0.4 is 10.2 Å². The normalized spacial score (nSPS) is 10.7. The second-order valence-corrected chi connectivity index (χ2v) is 8.42. The molecule has 0 heterocycles. The summed E-state index contributed by atoms with van der Waals surface area (Å²) in [5, 5.41) is 0. The van der Waals surface area contributed by atoms with E-state index in [1.165, 1.54) is 94.2 Å². The fraction of sp³-hybridized carbons (Fsp3) is 0.727. The van der Waals surface area contributed by atoms with Gasteiger partial charge in [0.2, 0.25) is 0 Å². The van der Waals surface area contributed by atoms with Crippen LogP contribution in [0.5, 0.6) is 0 Å². The van der Waals surface area contributed by atoms with E-state index in [0.717, 1.165) is 0 Å². The molecule has 0 fully saturated rings. The van der Waals surface area contributed by atoms with Crippen LogP contribution in [0.15, 0.2) is 28.7 Å². The molecule has 1 aromatic carbocycles. The van der Waals surface area contributed by atoms with Gasteiger partial charge >= 0.3 is 7.27 Å². The van der Waals surface area contributed by atoms with Crippen LogP contribution in [0.2, 0.25) is 0 Å². The Morgan fingerprint density at radius 2 is 1.18 bits per heavy atom. The highest BCUT2D eigenvalue weighted by molar-refractivity contribution is 9.10. The lowest BCUT2D eigenvalue weighted by Crippen LogP contribution is -3.00. The minimum absolute atomic E-state index is 0. The van der Waals surface area contributed by atoms with E-state index in [-0.39, 0.29) is 10.2 Å². The number of unbranched alkanes of at least 4 members (excludes halogenated alkanes) is 4. The van der Waals surface area contributed by atoms with Gasteiger partial charge in [-0.1, -0.05) is 81.4 Å². The maximum absolute atomic E-state index is 11.9. The van der Waals surface area contributed by atoms with E-state index >= 15 is 0 Å². The van der Waals surface area contributed by atoms with E-state index in [0.29, 0.717) is 4.47 Å². The highest BCUT2D eigenvalue weighted by Crippen LogP contribution is 2.16. The van der Waals surface area contributed by atoms with Crippen molar-refractivity contribution in [3.05, 3.63) is 28.7 Å². The Bertz CT molecular complexity index is 437. The molecule has 0 unspecified atom stereocenters. The average molecular weight is 466 g/mol. The van der Waals surface area contributed by atoms with E-state index in [9.17, 15) is 8.63 Å². The molecule has 0 bridgehead atoms. The molecule has 0 atom stereocenters. The second kappa shape index (κ2) is 18.5. The number of hydrogen-bond donors (Lipinski definition) is 0. The zero-order valence-corrected chi connectivity index (χ0v) is 19.9. The highest BCUT2D eigenvalue weighted by Gasteiger charge is 2.24. The molecule has 1 aromatic rings. The van der Waals surface area contributed by atoms with Crippen LogP contribution in [-0.2, 0) is 0 Å². The lowest BCUT2D eigenvalue weighted by atomic mass is 9.86. The van der Waals surface area contributed by atoms with Gasteiger partial charge in [0, 0.05) is 4.47 Å². The molecule has 0 radical (unpaired) electrons. The Labute approximate surface area is 180 Å². The summed E-state index contributed by atoms with van der Waals surface area (Å²) in [6.45, 7) is 15.0. The first-order valence-electron chi connectivity index (χ1n) is 10.8. The fourth-order valence-corrected chi connectivity index (χ4v) is 3.70. The molecule has 0 spiro atoms. The van der Waals surface area contributed by atoms with Gasteiger partial charge in [0.25, 0.3) is 0 Å². The number of nitrogens with zero attached hydrogens (tertiary/aromatic N) is 1. The molecule has 0 aliphatic carbocycles. The Kier molecular flexibility index (Phi) is 19.7. The van der Waals surface area contributed by atoms with Crippen LogP contribution in [0.1, 0.15) is 79.1 Å². The molecule has 1 nitrogen and oxygen atoms in total. The van der Waals surface area contributed by atoms with Crippen LogP contribution in [0.4, 0.5) is 8.63 Å². The molecular formula is C22H40BBrF3N. The third-order valence-corrected chi connectivity index (χ3v) is 5.54. The molecule has 0 N–H and O–H groups in total. The van der Waals surface area contributed by atoms with Crippen LogP contribution >= 0.6 is 15.9 Å². The molecule has 0 amide bonds. The Morgan fingerprint density at radius 3 is 1.43 bits per heavy atom. The van der Waals surface area contributed by atoms with E-state index in [2.05, 4.69) is 43.6 Å². The van der Waals surface area contributed by atoms with Gasteiger partial charge in [-0.05, 0) is 43.3 Å². The molecule has 0 aromatic heterocycles. The first-order valence-corrected chi connectivity index (χ1v) is 11.6. The first-order chi connectivity index (χ1) is 12.9. The van der Waals surface area contributed by atoms with Crippen molar-refractivity contribution in [2.45, 2.75) is 79.1 Å². The maximum Gasteiger partial charge on any atom is 0.572 e. The van der Waals surface area contributed by atoms with Crippen molar-refractivity contribution in [1.29, 1.82) is 0 Å². The molecule has 0 saturated heterocycles. The predicted molar refractivity (Wildman–Crippen MR) is 121 cm³/mol. The number of hydrogen-bond acceptors (Lipinski definition) is 0. The Balaban J connectivity index is 0. The minimum Gasteiger partial charge on any atom is -1.00 e. The third-order valence-electron chi connectivity index (χ3n) is 5.04. The third kappa shape index (κ3) is 13.7. The van der Waals surface area contributed by atoms with Crippen LogP contribution in [0.25, 0.3) is 0 Å². The van der Waals surface area contributed by atoms with Gasteiger partial charge in [-0.25, -0.2) is 0 Å². The van der Waals surface area contributed by atoms with Crippen molar-refractivity contribution in [3.8, 4) is 0 Å². The number of benzene rings is 1. The smallest absolute Gasteiger partial charge is 0.572 e. The zero-order chi connectivity index (χ0) is 20.5. The summed E-state index contributed by atoms with van der Waals surface area (Å²) in [5.41, 5.74) is 0.0503. The van der Waals surface area contributed by atoms with Gasteiger partial charge in [-0.2, -0.15) is 0 Å². The maximum atomic E-state index is 11.9. The van der Waals surface area contributed by atoms with Crippen molar-refractivity contribution < 1.29 is 17.8 Å². The van der Waals surface area contributed by atoms with E-state index < -0.39 is 7.27 Å². The van der Waals surface area contributed by atoms with Gasteiger partial charge in [-0.3, -0.25) is 8.63 Å². The van der Waals surface area contributed by atoms with Gasteiger partial charge in [-0.15, -0.1) is 0 Å². The summed E-state index contributed by atoms with van der Waals surface area (Å²) in [5.74, 6) is 0. The molecule has 0 aliphatic rings. The van der Waals surface area contributed by atoms with Crippen LogP contribution in [-0.4, -0.2) is 37.9 Å². The molecule has 0 aliphatic heterocycles.